The first-order valence-corrected chi connectivity index (χ1v) is 0.873. The Balaban J connectivity index is -0.0000000800. The fourth-order valence-corrected chi connectivity index (χ4v) is 0. The van der Waals surface area contributed by atoms with E-state index in [0.717, 1.165) is 0 Å². The lowest BCUT2D eigenvalue weighted by Gasteiger charge is -1.94. The summed E-state index contributed by atoms with van der Waals surface area (Å²) in [6.45, 7) is 0. The van der Waals surface area contributed by atoms with E-state index >= 15 is 0 Å². The first kappa shape index (κ1) is 15.9. The molecule has 1 nitrogen and oxygen atoms in total. The van der Waals surface area contributed by atoms with E-state index in [-0.39, 0.29) is 10.9 Å². The summed E-state index contributed by atoms with van der Waals surface area (Å²) in [6, 6.07) is 0. The Kier molecular flexibility index (Phi) is 8.76. The van der Waals surface area contributed by atoms with Gasteiger partial charge in [-0.1, -0.05) is 0 Å². The highest BCUT2D eigenvalue weighted by molar-refractivity contribution is 6.50. The SMILES string of the molecule is F.F[B-](F)(F)F.N. The standard InChI is InChI=1S/BF4.FH.H3N/c2-1(3,4)5;;/h;1H;1H3/q-1;;. The second kappa shape index (κ2) is 3.85. The van der Waals surface area contributed by atoms with Gasteiger partial charge in [-0.2, -0.15) is 0 Å². The van der Waals surface area contributed by atoms with Crippen molar-refractivity contribution in [2.24, 2.45) is 0 Å². The number of halogens is 5. The number of hydrogen-bond acceptors (Lipinski definition) is 1. The molecule has 0 aromatic carbocycles. The lowest BCUT2D eigenvalue weighted by Crippen LogP contribution is -2.02. The quantitative estimate of drug-likeness (QED) is 0.386. The van der Waals surface area contributed by atoms with Crippen molar-refractivity contribution in [1.82, 2.24) is 6.15 Å². The molecule has 48 valence electrons. The third-order valence-corrected chi connectivity index (χ3v) is 0. The molecular formula is H4BF5N-. The molecule has 0 aromatic heterocycles. The Morgan fingerprint density at radius 2 is 0.857 bits per heavy atom. The van der Waals surface area contributed by atoms with Crippen LogP contribution in [0.3, 0.4) is 0 Å². The maximum Gasteiger partial charge on any atom is 0.673 e. The Bertz CT molecular complexity index is 23.6. The van der Waals surface area contributed by atoms with Crippen LogP contribution < -0.4 is 6.15 Å². The topological polar surface area (TPSA) is 35.0 Å². The van der Waals surface area contributed by atoms with E-state index < -0.39 is 7.25 Å². The molecule has 0 atom stereocenters. The molecule has 0 heterocycles. The van der Waals surface area contributed by atoms with Gasteiger partial charge in [0.15, 0.2) is 0 Å². The zero-order valence-electron chi connectivity index (χ0n) is 3.20. The van der Waals surface area contributed by atoms with Crippen molar-refractivity contribution in [2.45, 2.75) is 0 Å². The van der Waals surface area contributed by atoms with Gasteiger partial charge in [-0.15, -0.1) is 0 Å². The third kappa shape index (κ3) is 725. The Morgan fingerprint density at radius 3 is 0.857 bits per heavy atom. The smallest absolute Gasteiger partial charge is 0.418 e. The van der Waals surface area contributed by atoms with E-state index in [1.54, 1.807) is 0 Å². The predicted octanol–water partition coefficient (Wildman–Crippen LogP) is 1.61. The summed E-state index contributed by atoms with van der Waals surface area (Å²) in [5, 5.41) is 0. The van der Waals surface area contributed by atoms with Gasteiger partial charge in [0.2, 0.25) is 0 Å². The second-order valence-electron chi connectivity index (χ2n) is 0.495. The molecule has 0 radical (unpaired) electrons. The molecule has 0 saturated carbocycles. The lowest BCUT2D eigenvalue weighted by atomic mass is 10.3. The van der Waals surface area contributed by atoms with Crippen LogP contribution in [-0.2, 0) is 0 Å². The van der Waals surface area contributed by atoms with Gasteiger partial charge in [0.05, 0.1) is 0 Å². The van der Waals surface area contributed by atoms with Crippen molar-refractivity contribution >= 4 is 7.25 Å². The molecule has 0 bridgehead atoms. The van der Waals surface area contributed by atoms with E-state index in [4.69, 9.17) is 0 Å². The molecule has 7 heteroatoms. The van der Waals surface area contributed by atoms with Crippen LogP contribution in [-0.4, -0.2) is 7.25 Å². The third-order valence-electron chi connectivity index (χ3n) is 0. The van der Waals surface area contributed by atoms with Crippen molar-refractivity contribution in [2.75, 3.05) is 0 Å². The molecule has 0 aromatic rings. The summed E-state index contributed by atoms with van der Waals surface area (Å²) in [6.07, 6.45) is 0. The molecule has 0 rings (SSSR count). The predicted molar refractivity (Wildman–Crippen MR) is 17.7 cm³/mol. The number of rotatable bonds is 0. The molecular weight excluding hydrogens is 120 g/mol. The summed E-state index contributed by atoms with van der Waals surface area (Å²) in [7, 11) is -6.00. The first-order chi connectivity index (χ1) is 2.00. The average molecular weight is 124 g/mol. The zero-order chi connectivity index (χ0) is 4.50. The van der Waals surface area contributed by atoms with Gasteiger partial charge in [-0.25, -0.2) is 0 Å². The second-order valence-corrected chi connectivity index (χ2v) is 0.495. The normalized spacial score (nSPS) is 8.57. The highest BCUT2D eigenvalue weighted by atomic mass is 19.5. The summed E-state index contributed by atoms with van der Waals surface area (Å²) in [5.41, 5.74) is 0. The van der Waals surface area contributed by atoms with Crippen LogP contribution >= 0.6 is 0 Å². The van der Waals surface area contributed by atoms with Crippen molar-refractivity contribution in [3.63, 3.8) is 0 Å². The largest absolute Gasteiger partial charge is 0.673 e. The van der Waals surface area contributed by atoms with Crippen LogP contribution in [0.15, 0.2) is 0 Å². The van der Waals surface area contributed by atoms with Crippen LogP contribution in [0.4, 0.5) is 22.0 Å². The summed E-state index contributed by atoms with van der Waals surface area (Å²) >= 11 is 0. The fraction of sp³-hybridized carbons (Fsp3) is 0. The maximum atomic E-state index is 9.75. The van der Waals surface area contributed by atoms with Gasteiger partial charge in [-0.3, -0.25) is 4.70 Å². The molecule has 7 heavy (non-hydrogen) atoms. The lowest BCUT2D eigenvalue weighted by molar-refractivity contribution is 0.368. The monoisotopic (exact) mass is 124 g/mol. The zero-order valence-corrected chi connectivity index (χ0v) is 3.20. The van der Waals surface area contributed by atoms with Crippen LogP contribution in [0.1, 0.15) is 0 Å². The van der Waals surface area contributed by atoms with Crippen LogP contribution in [0.5, 0.6) is 0 Å². The molecule has 0 unspecified atom stereocenters. The van der Waals surface area contributed by atoms with Gasteiger partial charge in [0.25, 0.3) is 0 Å². The Hall–Kier alpha value is -0.325. The van der Waals surface area contributed by atoms with Crippen molar-refractivity contribution < 1.29 is 22.0 Å². The van der Waals surface area contributed by atoms with Crippen LogP contribution in [0.25, 0.3) is 0 Å². The van der Waals surface area contributed by atoms with Gasteiger partial charge >= 0.3 is 7.25 Å². The van der Waals surface area contributed by atoms with Crippen LogP contribution in [0.2, 0.25) is 0 Å². The number of hydrogen-bond donors (Lipinski definition) is 1. The van der Waals surface area contributed by atoms with Gasteiger partial charge in [0.1, 0.15) is 0 Å². The first-order valence-electron chi connectivity index (χ1n) is 0.873. The van der Waals surface area contributed by atoms with Crippen molar-refractivity contribution in [3.05, 3.63) is 0 Å². The van der Waals surface area contributed by atoms with Gasteiger partial charge in [-0.05, 0) is 0 Å². The molecule has 0 amide bonds. The highest BCUT2D eigenvalue weighted by Gasteiger charge is 2.20. The molecule has 0 aliphatic rings. The fourth-order valence-electron chi connectivity index (χ4n) is 0. The average Bonchev–Trinajstić information content (AvgIpc) is 0.722. The minimum atomic E-state index is -6.00. The minimum absolute atomic E-state index is 0. The summed E-state index contributed by atoms with van der Waals surface area (Å²) in [4.78, 5) is 0. The van der Waals surface area contributed by atoms with Crippen LogP contribution in [0, 0.1) is 0 Å². The molecule has 0 aliphatic carbocycles. The van der Waals surface area contributed by atoms with E-state index in [9.17, 15) is 17.3 Å². The summed E-state index contributed by atoms with van der Waals surface area (Å²) in [5.74, 6) is 0. The minimum Gasteiger partial charge on any atom is -0.418 e. The van der Waals surface area contributed by atoms with Crippen molar-refractivity contribution in [3.8, 4) is 0 Å². The molecule has 0 fully saturated rings. The van der Waals surface area contributed by atoms with Crippen molar-refractivity contribution in [1.29, 1.82) is 0 Å². The van der Waals surface area contributed by atoms with Gasteiger partial charge < -0.3 is 23.4 Å². The highest BCUT2D eigenvalue weighted by Crippen LogP contribution is 2.06. The summed E-state index contributed by atoms with van der Waals surface area (Å²) < 4.78 is 39.0. The van der Waals surface area contributed by atoms with Gasteiger partial charge in [0, 0.05) is 0 Å². The van der Waals surface area contributed by atoms with E-state index in [1.165, 1.54) is 0 Å². The van der Waals surface area contributed by atoms with E-state index in [1.807, 2.05) is 0 Å². The molecule has 0 saturated heterocycles. The Labute approximate surface area is 36.8 Å². The van der Waals surface area contributed by atoms with E-state index in [0.29, 0.717) is 0 Å². The molecule has 3 N–H and O–H groups in total. The molecule has 0 spiro atoms. The maximum absolute atomic E-state index is 9.75. The molecule has 0 aliphatic heterocycles. The Morgan fingerprint density at radius 1 is 0.857 bits per heavy atom. The van der Waals surface area contributed by atoms with E-state index in [2.05, 4.69) is 0 Å².